The van der Waals surface area contributed by atoms with Crippen LogP contribution in [-0.2, 0) is 11.2 Å². The smallest absolute Gasteiger partial charge is 0.228 e. The molecule has 1 saturated heterocycles. The number of methoxy groups -OCH3 is 1. The number of hydrogen-bond donors (Lipinski definition) is 2. The zero-order valence-corrected chi connectivity index (χ0v) is 14.3. The van der Waals surface area contributed by atoms with E-state index in [1.165, 1.54) is 30.9 Å². The molecule has 1 aliphatic heterocycles. The van der Waals surface area contributed by atoms with Crippen LogP contribution in [0.15, 0.2) is 42.5 Å². The van der Waals surface area contributed by atoms with E-state index in [0.29, 0.717) is 17.2 Å². The Balaban J connectivity index is 1.68. The van der Waals surface area contributed by atoms with E-state index in [1.807, 2.05) is 18.2 Å². The molecule has 0 atom stereocenters. The largest absolute Gasteiger partial charge is 0.496 e. The van der Waals surface area contributed by atoms with Crippen molar-refractivity contribution in [1.82, 2.24) is 5.32 Å². The fourth-order valence-corrected chi connectivity index (χ4v) is 3.29. The van der Waals surface area contributed by atoms with Crippen LogP contribution in [0.4, 0.5) is 10.1 Å². The van der Waals surface area contributed by atoms with Crippen molar-refractivity contribution in [2.45, 2.75) is 25.2 Å². The average molecular weight is 342 g/mol. The van der Waals surface area contributed by atoms with E-state index in [2.05, 4.69) is 16.7 Å². The summed E-state index contributed by atoms with van der Waals surface area (Å²) in [5.74, 6) is 0.476. The van der Waals surface area contributed by atoms with E-state index >= 15 is 0 Å². The van der Waals surface area contributed by atoms with Gasteiger partial charge >= 0.3 is 0 Å². The maximum atomic E-state index is 13.4. The lowest BCUT2D eigenvalue weighted by Crippen LogP contribution is -2.26. The molecule has 1 fully saturated rings. The van der Waals surface area contributed by atoms with Crippen LogP contribution in [0, 0.1) is 5.82 Å². The van der Waals surface area contributed by atoms with E-state index in [1.54, 1.807) is 0 Å². The van der Waals surface area contributed by atoms with E-state index in [4.69, 9.17) is 4.74 Å². The molecule has 4 nitrogen and oxygen atoms in total. The Morgan fingerprint density at radius 3 is 2.80 bits per heavy atom. The van der Waals surface area contributed by atoms with Crippen LogP contribution in [-0.4, -0.2) is 26.1 Å². The molecule has 3 rings (SSSR count). The van der Waals surface area contributed by atoms with Gasteiger partial charge in [-0.3, -0.25) is 4.79 Å². The Bertz CT molecular complexity index is 742. The minimum absolute atomic E-state index is 0.0680. The summed E-state index contributed by atoms with van der Waals surface area (Å²) in [7, 11) is 1.51. The molecule has 0 bridgehead atoms. The molecule has 1 heterocycles. The number of nitrogens with one attached hydrogen (secondary N) is 2. The molecule has 0 saturated carbocycles. The molecule has 2 aromatic carbocycles. The van der Waals surface area contributed by atoms with Crippen LogP contribution in [0.1, 0.15) is 29.9 Å². The molecule has 2 N–H and O–H groups in total. The summed E-state index contributed by atoms with van der Waals surface area (Å²) in [4.78, 5) is 12.3. The number of ether oxygens (including phenoxy) is 1. The van der Waals surface area contributed by atoms with Crippen molar-refractivity contribution in [2.75, 3.05) is 25.5 Å². The number of benzene rings is 2. The number of anilines is 1. The molecule has 25 heavy (non-hydrogen) atoms. The number of halogens is 1. The van der Waals surface area contributed by atoms with Gasteiger partial charge in [-0.1, -0.05) is 12.1 Å². The summed E-state index contributed by atoms with van der Waals surface area (Å²) in [5, 5.41) is 6.27. The quantitative estimate of drug-likeness (QED) is 0.875. The predicted octanol–water partition coefficient (Wildman–Crippen LogP) is 3.48. The van der Waals surface area contributed by atoms with Crippen molar-refractivity contribution in [3.05, 3.63) is 59.4 Å². The monoisotopic (exact) mass is 342 g/mol. The van der Waals surface area contributed by atoms with Gasteiger partial charge < -0.3 is 15.4 Å². The first-order valence-corrected chi connectivity index (χ1v) is 8.58. The second-order valence-corrected chi connectivity index (χ2v) is 6.33. The Hall–Kier alpha value is -2.40. The van der Waals surface area contributed by atoms with Crippen molar-refractivity contribution >= 4 is 11.6 Å². The van der Waals surface area contributed by atoms with E-state index in [-0.39, 0.29) is 18.1 Å². The van der Waals surface area contributed by atoms with Crippen molar-refractivity contribution in [1.29, 1.82) is 0 Å². The molecular weight excluding hydrogens is 319 g/mol. The zero-order chi connectivity index (χ0) is 17.6. The summed E-state index contributed by atoms with van der Waals surface area (Å²) in [6.45, 7) is 2.06. The van der Waals surface area contributed by atoms with E-state index < -0.39 is 0 Å². The molecular formula is C20H23FN2O2. The Morgan fingerprint density at radius 1 is 1.24 bits per heavy atom. The maximum absolute atomic E-state index is 13.4. The summed E-state index contributed by atoms with van der Waals surface area (Å²) >= 11 is 0. The van der Waals surface area contributed by atoms with Gasteiger partial charge in [-0.25, -0.2) is 4.39 Å². The third-order valence-electron chi connectivity index (χ3n) is 4.57. The second kappa shape index (κ2) is 8.12. The van der Waals surface area contributed by atoms with Crippen LogP contribution < -0.4 is 15.4 Å². The Morgan fingerprint density at radius 2 is 2.04 bits per heavy atom. The van der Waals surface area contributed by atoms with Crippen LogP contribution in [0.3, 0.4) is 0 Å². The molecule has 0 aromatic heterocycles. The number of carbonyl (C=O) groups is 1. The van der Waals surface area contributed by atoms with Crippen LogP contribution in [0.5, 0.6) is 5.75 Å². The van der Waals surface area contributed by atoms with Crippen molar-refractivity contribution < 1.29 is 13.9 Å². The number of rotatable bonds is 5. The molecule has 1 aliphatic rings. The number of amides is 1. The lowest BCUT2D eigenvalue weighted by molar-refractivity contribution is -0.115. The van der Waals surface area contributed by atoms with Crippen LogP contribution in [0.25, 0.3) is 0 Å². The normalized spacial score (nSPS) is 15.0. The zero-order valence-electron chi connectivity index (χ0n) is 14.3. The second-order valence-electron chi connectivity index (χ2n) is 6.33. The summed E-state index contributed by atoms with van der Waals surface area (Å²) in [6, 6.07) is 12.2. The molecule has 0 aliphatic carbocycles. The minimum Gasteiger partial charge on any atom is -0.496 e. The van der Waals surface area contributed by atoms with Gasteiger partial charge in [-0.05, 0) is 67.7 Å². The SMILES string of the molecule is COc1ccc(F)cc1CC(=O)Nc1cccc(C2CCNCC2)c1. The minimum atomic E-state index is -0.378. The molecule has 0 unspecified atom stereocenters. The molecule has 0 radical (unpaired) electrons. The predicted molar refractivity (Wildman–Crippen MR) is 96.6 cm³/mol. The Kier molecular flexibility index (Phi) is 5.66. The maximum Gasteiger partial charge on any atom is 0.228 e. The fraction of sp³-hybridized carbons (Fsp3) is 0.350. The summed E-state index contributed by atoms with van der Waals surface area (Å²) < 4.78 is 18.6. The van der Waals surface area contributed by atoms with Crippen molar-refractivity contribution in [3.8, 4) is 5.75 Å². The van der Waals surface area contributed by atoms with E-state index in [9.17, 15) is 9.18 Å². The first kappa shape index (κ1) is 17.4. The highest BCUT2D eigenvalue weighted by molar-refractivity contribution is 5.92. The van der Waals surface area contributed by atoms with Crippen molar-refractivity contribution in [2.24, 2.45) is 0 Å². The number of piperidine rings is 1. The molecule has 0 spiro atoms. The standard InChI is InChI=1S/C20H23FN2O2/c1-25-19-6-5-17(21)11-16(19)13-20(24)23-18-4-2-3-15(12-18)14-7-9-22-10-8-14/h2-6,11-12,14,22H,7-10,13H2,1H3,(H,23,24). The summed E-state index contributed by atoms with van der Waals surface area (Å²) in [6.07, 6.45) is 2.29. The average Bonchev–Trinajstić information content (AvgIpc) is 2.63. The van der Waals surface area contributed by atoms with E-state index in [0.717, 1.165) is 31.6 Å². The topological polar surface area (TPSA) is 50.4 Å². The number of carbonyl (C=O) groups excluding carboxylic acids is 1. The van der Waals surface area contributed by atoms with Gasteiger partial charge in [0.05, 0.1) is 13.5 Å². The number of hydrogen-bond acceptors (Lipinski definition) is 3. The fourth-order valence-electron chi connectivity index (χ4n) is 3.29. The highest BCUT2D eigenvalue weighted by Crippen LogP contribution is 2.27. The van der Waals surface area contributed by atoms with Gasteiger partial charge in [0.15, 0.2) is 0 Å². The van der Waals surface area contributed by atoms with Gasteiger partial charge in [0.25, 0.3) is 0 Å². The highest BCUT2D eigenvalue weighted by atomic mass is 19.1. The first-order valence-electron chi connectivity index (χ1n) is 8.58. The molecule has 132 valence electrons. The lowest BCUT2D eigenvalue weighted by Gasteiger charge is -2.23. The van der Waals surface area contributed by atoms with Gasteiger partial charge in [-0.2, -0.15) is 0 Å². The third kappa shape index (κ3) is 4.57. The highest BCUT2D eigenvalue weighted by Gasteiger charge is 2.16. The van der Waals surface area contributed by atoms with Gasteiger partial charge in [0.1, 0.15) is 11.6 Å². The Labute approximate surface area is 147 Å². The third-order valence-corrected chi connectivity index (χ3v) is 4.57. The molecule has 2 aromatic rings. The molecule has 5 heteroatoms. The van der Waals surface area contributed by atoms with Gasteiger partial charge in [0.2, 0.25) is 5.91 Å². The van der Waals surface area contributed by atoms with Crippen LogP contribution in [0.2, 0.25) is 0 Å². The van der Waals surface area contributed by atoms with Gasteiger partial charge in [-0.15, -0.1) is 0 Å². The summed E-state index contributed by atoms with van der Waals surface area (Å²) in [5.41, 5.74) is 2.56. The van der Waals surface area contributed by atoms with Gasteiger partial charge in [0, 0.05) is 11.3 Å². The van der Waals surface area contributed by atoms with Crippen LogP contribution >= 0.6 is 0 Å². The molecule has 1 amide bonds. The first-order chi connectivity index (χ1) is 12.2. The lowest BCUT2D eigenvalue weighted by atomic mass is 9.90. The van der Waals surface area contributed by atoms with Crippen molar-refractivity contribution in [3.63, 3.8) is 0 Å².